The molecule has 0 amide bonds. The molecule has 6 nitrogen and oxygen atoms in total. The molecule has 0 radical (unpaired) electrons. The van der Waals surface area contributed by atoms with Gasteiger partial charge in [0.25, 0.3) is 0 Å². The Balaban J connectivity index is 2.42. The summed E-state index contributed by atoms with van der Waals surface area (Å²) in [4.78, 5) is 19.5. The zero-order chi connectivity index (χ0) is 19.2. The fraction of sp³-hybridized carbons (Fsp3) is 0.294. The van der Waals surface area contributed by atoms with Gasteiger partial charge in [-0.3, -0.25) is 4.79 Å². The molecule has 0 atom stereocenters. The van der Waals surface area contributed by atoms with Gasteiger partial charge in [-0.25, -0.2) is 4.98 Å². The van der Waals surface area contributed by atoms with E-state index in [9.17, 15) is 18.0 Å². The third kappa shape index (κ3) is 5.35. The monoisotopic (exact) mass is 369 g/mol. The largest absolute Gasteiger partial charge is 0.481 e. The molecule has 0 bridgehead atoms. The van der Waals surface area contributed by atoms with E-state index in [4.69, 9.17) is 15.8 Å². The highest BCUT2D eigenvalue weighted by atomic mass is 19.4. The summed E-state index contributed by atoms with van der Waals surface area (Å²) in [6.45, 7) is 0.181. The molecule has 0 aliphatic heterocycles. The number of carbonyl (C=O) groups is 1. The second-order valence-electron chi connectivity index (χ2n) is 5.58. The van der Waals surface area contributed by atoms with Gasteiger partial charge in [0.15, 0.2) is 0 Å². The first-order valence-electron chi connectivity index (χ1n) is 7.75. The van der Waals surface area contributed by atoms with Crippen molar-refractivity contribution in [2.45, 2.75) is 32.0 Å². The van der Waals surface area contributed by atoms with Crippen molar-refractivity contribution in [2.24, 2.45) is 5.90 Å². The molecule has 1 aromatic carbocycles. The maximum atomic E-state index is 13.0. The summed E-state index contributed by atoms with van der Waals surface area (Å²) in [6.07, 6.45) is 0.545. The molecule has 0 saturated heterocycles. The number of benzene rings is 1. The molecular formula is C17H18F3N3O3. The number of alkyl halides is 3. The lowest BCUT2D eigenvalue weighted by molar-refractivity contribution is -0.138. The lowest BCUT2D eigenvalue weighted by Crippen LogP contribution is -2.10. The van der Waals surface area contributed by atoms with E-state index in [1.807, 2.05) is 0 Å². The van der Waals surface area contributed by atoms with Crippen LogP contribution in [0.15, 0.2) is 48.7 Å². The van der Waals surface area contributed by atoms with E-state index in [1.54, 1.807) is 10.8 Å². The van der Waals surface area contributed by atoms with Crippen LogP contribution in [0.3, 0.4) is 0 Å². The third-order valence-electron chi connectivity index (χ3n) is 3.71. The van der Waals surface area contributed by atoms with Crippen molar-refractivity contribution in [3.63, 3.8) is 0 Å². The van der Waals surface area contributed by atoms with Crippen LogP contribution in [0.4, 0.5) is 13.2 Å². The molecular weight excluding hydrogens is 351 g/mol. The van der Waals surface area contributed by atoms with Gasteiger partial charge in [0, 0.05) is 30.8 Å². The number of hydrogen-bond acceptors (Lipinski definition) is 4. The Hall–Kier alpha value is -2.81. The summed E-state index contributed by atoms with van der Waals surface area (Å²) in [5.41, 5.74) is -0.0636. The molecule has 1 aromatic heterocycles. The Morgan fingerprint density at radius 3 is 2.65 bits per heavy atom. The highest BCUT2D eigenvalue weighted by Crippen LogP contribution is 2.32. The Morgan fingerprint density at radius 1 is 1.31 bits per heavy atom. The Labute approximate surface area is 147 Å². The molecule has 0 aliphatic carbocycles. The minimum Gasteiger partial charge on any atom is -0.481 e. The number of nitrogens with zero attached hydrogens (tertiary/aromatic N) is 2. The van der Waals surface area contributed by atoms with Gasteiger partial charge in [0.1, 0.15) is 5.76 Å². The molecule has 0 unspecified atom stereocenters. The topological polar surface area (TPSA) is 90.4 Å². The SMILES string of the molecule is NO/C(CCCC(=O)O)=C(/Cn1ccnc1)c1cccc(C(F)(F)F)c1. The van der Waals surface area contributed by atoms with Crippen molar-refractivity contribution in [1.29, 1.82) is 0 Å². The van der Waals surface area contributed by atoms with Gasteiger partial charge in [-0.05, 0) is 24.1 Å². The first-order chi connectivity index (χ1) is 12.3. The molecule has 0 fully saturated rings. The zero-order valence-electron chi connectivity index (χ0n) is 13.7. The van der Waals surface area contributed by atoms with Crippen LogP contribution < -0.4 is 5.90 Å². The van der Waals surface area contributed by atoms with Gasteiger partial charge >= 0.3 is 12.1 Å². The van der Waals surface area contributed by atoms with E-state index < -0.39 is 17.7 Å². The molecule has 0 saturated carbocycles. The maximum absolute atomic E-state index is 13.0. The summed E-state index contributed by atoms with van der Waals surface area (Å²) >= 11 is 0. The molecule has 0 aliphatic rings. The minimum absolute atomic E-state index is 0.103. The number of allylic oxidation sites excluding steroid dienone is 2. The van der Waals surface area contributed by atoms with Crippen LogP contribution in [0.1, 0.15) is 30.4 Å². The van der Waals surface area contributed by atoms with E-state index >= 15 is 0 Å². The molecule has 2 aromatic rings. The summed E-state index contributed by atoms with van der Waals surface area (Å²) in [5.74, 6) is 4.59. The van der Waals surface area contributed by atoms with Gasteiger partial charge in [-0.15, -0.1) is 0 Å². The third-order valence-corrected chi connectivity index (χ3v) is 3.71. The summed E-state index contributed by atoms with van der Waals surface area (Å²) in [5, 5.41) is 8.76. The molecule has 2 rings (SSSR count). The van der Waals surface area contributed by atoms with Crippen LogP contribution in [-0.4, -0.2) is 20.6 Å². The molecule has 9 heteroatoms. The lowest BCUT2D eigenvalue weighted by Gasteiger charge is -2.16. The predicted molar refractivity (Wildman–Crippen MR) is 87.4 cm³/mol. The zero-order valence-corrected chi connectivity index (χ0v) is 13.7. The molecule has 1 heterocycles. The second-order valence-corrected chi connectivity index (χ2v) is 5.58. The average Bonchev–Trinajstić information content (AvgIpc) is 3.09. The van der Waals surface area contributed by atoms with Crippen molar-refractivity contribution >= 4 is 11.5 Å². The number of rotatable bonds is 8. The number of nitrogens with two attached hydrogens (primary N) is 1. The second kappa shape index (κ2) is 8.52. The van der Waals surface area contributed by atoms with Crippen LogP contribution in [-0.2, 0) is 22.4 Å². The number of aromatic nitrogens is 2. The lowest BCUT2D eigenvalue weighted by atomic mass is 9.99. The van der Waals surface area contributed by atoms with E-state index in [1.165, 1.54) is 24.7 Å². The molecule has 26 heavy (non-hydrogen) atoms. The molecule has 3 N–H and O–H groups in total. The Bertz CT molecular complexity index is 771. The van der Waals surface area contributed by atoms with E-state index in [0.29, 0.717) is 11.1 Å². The van der Waals surface area contributed by atoms with E-state index in [0.717, 1.165) is 12.1 Å². The summed E-state index contributed by atoms with van der Waals surface area (Å²) in [7, 11) is 0. The number of aliphatic carboxylic acids is 1. The first-order valence-corrected chi connectivity index (χ1v) is 7.75. The molecule has 0 spiro atoms. The van der Waals surface area contributed by atoms with Gasteiger partial charge in [-0.2, -0.15) is 19.1 Å². The highest BCUT2D eigenvalue weighted by molar-refractivity contribution is 5.69. The van der Waals surface area contributed by atoms with E-state index in [2.05, 4.69) is 4.98 Å². The Morgan fingerprint density at radius 2 is 2.08 bits per heavy atom. The van der Waals surface area contributed by atoms with Crippen LogP contribution in [0.2, 0.25) is 0 Å². The van der Waals surface area contributed by atoms with Gasteiger partial charge in [-0.1, -0.05) is 12.1 Å². The maximum Gasteiger partial charge on any atom is 0.416 e. The van der Waals surface area contributed by atoms with Gasteiger partial charge in [0.2, 0.25) is 0 Å². The fourth-order valence-corrected chi connectivity index (χ4v) is 2.47. The highest BCUT2D eigenvalue weighted by Gasteiger charge is 2.30. The van der Waals surface area contributed by atoms with Crippen molar-refractivity contribution in [3.05, 3.63) is 59.9 Å². The average molecular weight is 369 g/mol. The minimum atomic E-state index is -4.48. The number of hydrogen-bond donors (Lipinski definition) is 2. The van der Waals surface area contributed by atoms with Crippen LogP contribution in [0.25, 0.3) is 5.57 Å². The molecule has 140 valence electrons. The number of carboxylic acid groups (broad SMARTS) is 1. The predicted octanol–water partition coefficient (Wildman–Crippen LogP) is 3.46. The quantitative estimate of drug-likeness (QED) is 0.549. The van der Waals surface area contributed by atoms with Crippen LogP contribution in [0.5, 0.6) is 0 Å². The van der Waals surface area contributed by atoms with Crippen molar-refractivity contribution in [1.82, 2.24) is 9.55 Å². The van der Waals surface area contributed by atoms with Crippen LogP contribution in [0, 0.1) is 0 Å². The van der Waals surface area contributed by atoms with Crippen molar-refractivity contribution in [3.8, 4) is 0 Å². The Kier molecular flexibility index (Phi) is 6.40. The van der Waals surface area contributed by atoms with Gasteiger partial charge in [0.05, 0.1) is 18.4 Å². The summed E-state index contributed by atoms with van der Waals surface area (Å²) < 4.78 is 40.8. The van der Waals surface area contributed by atoms with Gasteiger partial charge < -0.3 is 14.5 Å². The number of imidazole rings is 1. The fourth-order valence-electron chi connectivity index (χ4n) is 2.47. The smallest absolute Gasteiger partial charge is 0.416 e. The van der Waals surface area contributed by atoms with E-state index in [-0.39, 0.29) is 31.6 Å². The normalized spacial score (nSPS) is 12.6. The van der Waals surface area contributed by atoms with Crippen LogP contribution >= 0.6 is 0 Å². The van der Waals surface area contributed by atoms with Crippen molar-refractivity contribution in [2.75, 3.05) is 0 Å². The summed E-state index contributed by atoms with van der Waals surface area (Å²) in [6, 6.07) is 4.82. The standard InChI is InChI=1S/C17H18F3N3O3/c18-17(19,20)13-4-1-3-12(9-13)14(10-23-8-7-22-11-23)15(26-21)5-2-6-16(24)25/h1,3-4,7-9,11H,2,5-6,10,21H2,(H,24,25)/b15-14-. The number of halogens is 3. The van der Waals surface area contributed by atoms with Crippen molar-refractivity contribution < 1.29 is 27.9 Å². The number of carboxylic acids is 1. The first kappa shape index (κ1) is 19.5.